The van der Waals surface area contributed by atoms with E-state index in [9.17, 15) is 0 Å². The van der Waals surface area contributed by atoms with Gasteiger partial charge in [-0.3, -0.25) is 0 Å². The molecule has 1 unspecified atom stereocenters. The summed E-state index contributed by atoms with van der Waals surface area (Å²) in [5, 5.41) is 2.15. The van der Waals surface area contributed by atoms with Crippen LogP contribution in [0.5, 0.6) is 0 Å². The minimum atomic E-state index is -0.345. The molecule has 2 heterocycles. The van der Waals surface area contributed by atoms with Gasteiger partial charge in [0.25, 0.3) is 0 Å². The molecule has 4 heteroatoms. The minimum Gasteiger partial charge on any atom is -0.344 e. The van der Waals surface area contributed by atoms with E-state index >= 15 is 0 Å². The summed E-state index contributed by atoms with van der Waals surface area (Å²) in [6, 6.07) is 2.18. The molecule has 18 heavy (non-hydrogen) atoms. The van der Waals surface area contributed by atoms with E-state index in [4.69, 9.17) is 10.7 Å². The van der Waals surface area contributed by atoms with Crippen LogP contribution in [0.1, 0.15) is 43.1 Å². The average molecular weight is 261 g/mol. The molecule has 3 rings (SSSR count). The van der Waals surface area contributed by atoms with Gasteiger partial charge in [0, 0.05) is 16.1 Å². The predicted octanol–water partition coefficient (Wildman–Crippen LogP) is 3.21. The lowest BCUT2D eigenvalue weighted by Crippen LogP contribution is -2.34. The second-order valence-corrected chi connectivity index (χ2v) is 6.34. The highest BCUT2D eigenvalue weighted by Gasteiger charge is 2.28. The number of aryl methyl sites for hydroxylation is 2. The van der Waals surface area contributed by atoms with Crippen molar-refractivity contribution in [3.05, 3.63) is 27.8 Å². The number of H-pyrrole nitrogens is 1. The molecule has 1 aliphatic carbocycles. The number of fused-ring (bicyclic) bond motifs is 3. The zero-order valence-corrected chi connectivity index (χ0v) is 11.7. The lowest BCUT2D eigenvalue weighted by Gasteiger charge is -2.21. The molecule has 0 aromatic carbocycles. The number of hydrogen-bond donors (Lipinski definition) is 2. The Morgan fingerprint density at radius 1 is 1.50 bits per heavy atom. The van der Waals surface area contributed by atoms with Crippen molar-refractivity contribution in [1.29, 1.82) is 0 Å². The average Bonchev–Trinajstić information content (AvgIpc) is 2.94. The third-order valence-electron chi connectivity index (χ3n) is 3.69. The number of nitrogens with zero attached hydrogens (tertiary/aromatic N) is 1. The molecule has 1 aliphatic rings. The zero-order chi connectivity index (χ0) is 12.8. The third kappa shape index (κ3) is 1.80. The van der Waals surface area contributed by atoms with E-state index in [0.29, 0.717) is 0 Å². The van der Waals surface area contributed by atoms with Crippen molar-refractivity contribution < 1.29 is 0 Å². The summed E-state index contributed by atoms with van der Waals surface area (Å²) in [6.07, 6.45) is 4.20. The Morgan fingerprint density at radius 3 is 3.11 bits per heavy atom. The number of nitrogens with one attached hydrogen (secondary N) is 1. The van der Waals surface area contributed by atoms with Gasteiger partial charge in [0.1, 0.15) is 5.82 Å². The first-order valence-corrected chi connectivity index (χ1v) is 7.45. The van der Waals surface area contributed by atoms with Crippen molar-refractivity contribution in [2.45, 2.75) is 45.1 Å². The summed E-state index contributed by atoms with van der Waals surface area (Å²) in [5.74, 6) is 0.938. The van der Waals surface area contributed by atoms with E-state index in [1.807, 2.05) is 11.3 Å². The van der Waals surface area contributed by atoms with E-state index < -0.39 is 0 Å². The Kier molecular flexibility index (Phi) is 2.79. The summed E-state index contributed by atoms with van der Waals surface area (Å²) < 4.78 is 0. The second-order valence-electron chi connectivity index (χ2n) is 5.34. The van der Waals surface area contributed by atoms with Gasteiger partial charge < -0.3 is 10.7 Å². The number of aromatic nitrogens is 2. The van der Waals surface area contributed by atoms with E-state index in [2.05, 4.69) is 30.3 Å². The van der Waals surface area contributed by atoms with E-state index in [0.717, 1.165) is 37.2 Å². The van der Waals surface area contributed by atoms with Gasteiger partial charge in [-0.05, 0) is 37.6 Å². The van der Waals surface area contributed by atoms with Crippen molar-refractivity contribution in [2.75, 3.05) is 0 Å². The zero-order valence-electron chi connectivity index (χ0n) is 10.9. The fourth-order valence-corrected chi connectivity index (χ4v) is 3.58. The smallest absolute Gasteiger partial charge is 0.126 e. The van der Waals surface area contributed by atoms with Gasteiger partial charge in [-0.1, -0.05) is 13.3 Å². The molecule has 0 saturated carbocycles. The largest absolute Gasteiger partial charge is 0.344 e. The minimum absolute atomic E-state index is 0.345. The molecule has 0 radical (unpaired) electrons. The fourth-order valence-electron chi connectivity index (χ4n) is 2.71. The van der Waals surface area contributed by atoms with Crippen molar-refractivity contribution >= 4 is 11.3 Å². The maximum Gasteiger partial charge on any atom is 0.126 e. The molecule has 0 saturated heterocycles. The van der Waals surface area contributed by atoms with E-state index in [1.165, 1.54) is 16.1 Å². The SMILES string of the molecule is CCCC(C)(N)c1nc2c([nH]1)CCc1sccc1-2. The van der Waals surface area contributed by atoms with Crippen LogP contribution in [0.4, 0.5) is 0 Å². The lowest BCUT2D eigenvalue weighted by atomic mass is 9.97. The van der Waals surface area contributed by atoms with E-state index in [1.54, 1.807) is 0 Å². The predicted molar refractivity (Wildman–Crippen MR) is 75.8 cm³/mol. The molecule has 0 spiro atoms. The highest BCUT2D eigenvalue weighted by Crippen LogP contribution is 2.36. The third-order valence-corrected chi connectivity index (χ3v) is 4.67. The summed E-state index contributed by atoms with van der Waals surface area (Å²) in [4.78, 5) is 9.69. The summed E-state index contributed by atoms with van der Waals surface area (Å²) in [7, 11) is 0. The Bertz CT molecular complexity index is 565. The maximum atomic E-state index is 6.36. The quantitative estimate of drug-likeness (QED) is 0.891. The van der Waals surface area contributed by atoms with Crippen LogP contribution in [-0.2, 0) is 18.4 Å². The van der Waals surface area contributed by atoms with Crippen molar-refractivity contribution in [3.63, 3.8) is 0 Å². The van der Waals surface area contributed by atoms with Crippen LogP contribution in [0.3, 0.4) is 0 Å². The fraction of sp³-hybridized carbons (Fsp3) is 0.500. The number of hydrogen-bond acceptors (Lipinski definition) is 3. The molecule has 2 aromatic rings. The molecule has 3 nitrogen and oxygen atoms in total. The van der Waals surface area contributed by atoms with E-state index in [-0.39, 0.29) is 5.54 Å². The first-order chi connectivity index (χ1) is 8.62. The number of rotatable bonds is 3. The topological polar surface area (TPSA) is 54.7 Å². The molecule has 0 fully saturated rings. The molecular formula is C14H19N3S. The molecule has 3 N–H and O–H groups in total. The Balaban J connectivity index is 2.04. The summed E-state index contributed by atoms with van der Waals surface area (Å²) in [6.45, 7) is 4.22. The van der Waals surface area contributed by atoms with Crippen molar-refractivity contribution in [2.24, 2.45) is 5.73 Å². The van der Waals surface area contributed by atoms with Crippen LogP contribution < -0.4 is 5.73 Å². The van der Waals surface area contributed by atoms with Crippen LogP contribution in [0.25, 0.3) is 11.3 Å². The van der Waals surface area contributed by atoms with Crippen molar-refractivity contribution in [3.8, 4) is 11.3 Å². The first-order valence-electron chi connectivity index (χ1n) is 6.57. The number of thiophene rings is 1. The first kappa shape index (κ1) is 11.9. The number of nitrogens with two attached hydrogens (primary N) is 1. The molecule has 1 atom stereocenters. The van der Waals surface area contributed by atoms with Gasteiger partial charge in [-0.15, -0.1) is 11.3 Å². The van der Waals surface area contributed by atoms with Gasteiger partial charge in [-0.2, -0.15) is 0 Å². The van der Waals surface area contributed by atoms with Crippen molar-refractivity contribution in [1.82, 2.24) is 9.97 Å². The Labute approximate surface area is 111 Å². The van der Waals surface area contributed by atoms with Gasteiger partial charge >= 0.3 is 0 Å². The number of imidazole rings is 1. The highest BCUT2D eigenvalue weighted by molar-refractivity contribution is 7.10. The van der Waals surface area contributed by atoms with Gasteiger partial charge in [0.05, 0.1) is 11.2 Å². The lowest BCUT2D eigenvalue weighted by molar-refractivity contribution is 0.423. The molecular weight excluding hydrogens is 242 g/mol. The summed E-state index contributed by atoms with van der Waals surface area (Å²) in [5.41, 5.74) is 9.70. The van der Waals surface area contributed by atoms with Gasteiger partial charge in [0.15, 0.2) is 0 Å². The normalized spacial score (nSPS) is 17.1. The van der Waals surface area contributed by atoms with Gasteiger partial charge in [0.2, 0.25) is 0 Å². The highest BCUT2D eigenvalue weighted by atomic mass is 32.1. The van der Waals surface area contributed by atoms with Gasteiger partial charge in [-0.25, -0.2) is 4.98 Å². The van der Waals surface area contributed by atoms with Crippen LogP contribution >= 0.6 is 11.3 Å². The molecule has 0 bridgehead atoms. The van der Waals surface area contributed by atoms with Crippen LogP contribution in [0.2, 0.25) is 0 Å². The summed E-state index contributed by atoms with van der Waals surface area (Å²) >= 11 is 1.83. The van der Waals surface area contributed by atoms with Crippen LogP contribution in [0.15, 0.2) is 11.4 Å². The monoisotopic (exact) mass is 261 g/mol. The molecule has 0 amide bonds. The molecule has 96 valence electrons. The van der Waals surface area contributed by atoms with Crippen LogP contribution in [0, 0.1) is 0 Å². The Hall–Kier alpha value is -1.13. The standard InChI is InChI=1S/C14H19N3S/c1-3-7-14(2,15)13-16-10-4-5-11-9(6-8-18-11)12(10)17-13/h6,8H,3-5,7,15H2,1-2H3,(H,16,17). The van der Waals surface area contributed by atoms with Crippen LogP contribution in [-0.4, -0.2) is 9.97 Å². The number of aromatic amines is 1. The molecule has 0 aliphatic heterocycles. The second kappa shape index (κ2) is 4.21. The molecule has 2 aromatic heterocycles. The maximum absolute atomic E-state index is 6.36. The Morgan fingerprint density at radius 2 is 2.33 bits per heavy atom.